The number of nitrogens with zero attached hydrogens (tertiary/aromatic N) is 1. The molecule has 1 heteroatoms. The summed E-state index contributed by atoms with van der Waals surface area (Å²) in [5.74, 6) is 1.000. The lowest BCUT2D eigenvalue weighted by atomic mass is 9.83. The number of piperidine rings is 1. The molecule has 0 radical (unpaired) electrons. The van der Waals surface area contributed by atoms with E-state index in [1.165, 1.54) is 51.6 Å². The molecule has 17 heavy (non-hydrogen) atoms. The first kappa shape index (κ1) is 15.0. The SMILES string of the molecule is CCC(CC)N1CCC(CCC(C)(C)C)CC1. The summed E-state index contributed by atoms with van der Waals surface area (Å²) in [5, 5.41) is 0. The van der Waals surface area contributed by atoms with E-state index in [1.807, 2.05) is 0 Å². The maximum absolute atomic E-state index is 2.73. The van der Waals surface area contributed by atoms with E-state index < -0.39 is 0 Å². The molecular weight excluding hydrogens is 206 g/mol. The minimum absolute atomic E-state index is 0.520. The van der Waals surface area contributed by atoms with Crippen molar-refractivity contribution in [1.29, 1.82) is 0 Å². The molecule has 1 fully saturated rings. The van der Waals surface area contributed by atoms with Crippen molar-refractivity contribution < 1.29 is 0 Å². The van der Waals surface area contributed by atoms with Gasteiger partial charge in [-0.15, -0.1) is 0 Å². The highest BCUT2D eigenvalue weighted by molar-refractivity contribution is 4.78. The van der Waals surface area contributed by atoms with Gasteiger partial charge in [-0.25, -0.2) is 0 Å². The lowest BCUT2D eigenvalue weighted by Gasteiger charge is -2.37. The second kappa shape index (κ2) is 6.78. The van der Waals surface area contributed by atoms with Gasteiger partial charge in [0.15, 0.2) is 0 Å². The first-order valence-electron chi connectivity index (χ1n) is 7.70. The normalized spacial score (nSPS) is 20.1. The van der Waals surface area contributed by atoms with E-state index in [2.05, 4.69) is 39.5 Å². The van der Waals surface area contributed by atoms with Crippen molar-refractivity contribution in [3.05, 3.63) is 0 Å². The molecule has 1 rings (SSSR count). The fourth-order valence-electron chi connectivity index (χ4n) is 3.05. The molecule has 0 aromatic rings. The van der Waals surface area contributed by atoms with Crippen LogP contribution in [0.4, 0.5) is 0 Å². The van der Waals surface area contributed by atoms with E-state index in [9.17, 15) is 0 Å². The molecule has 0 saturated carbocycles. The highest BCUT2D eigenvalue weighted by Gasteiger charge is 2.24. The molecule has 0 aromatic heterocycles. The second-order valence-corrected chi connectivity index (χ2v) is 7.05. The van der Waals surface area contributed by atoms with Crippen molar-refractivity contribution in [3.8, 4) is 0 Å². The average molecular weight is 239 g/mol. The minimum atomic E-state index is 0.520. The molecule has 0 amide bonds. The third-order valence-electron chi connectivity index (χ3n) is 4.41. The smallest absolute Gasteiger partial charge is 0.00900 e. The Morgan fingerprint density at radius 2 is 1.59 bits per heavy atom. The molecule has 102 valence electrons. The summed E-state index contributed by atoms with van der Waals surface area (Å²) >= 11 is 0. The summed E-state index contributed by atoms with van der Waals surface area (Å²) in [4.78, 5) is 2.73. The van der Waals surface area contributed by atoms with Gasteiger partial charge in [-0.1, -0.05) is 34.6 Å². The lowest BCUT2D eigenvalue weighted by molar-refractivity contribution is 0.117. The van der Waals surface area contributed by atoms with E-state index in [-0.39, 0.29) is 0 Å². The summed E-state index contributed by atoms with van der Waals surface area (Å²) in [6, 6.07) is 0.846. The Labute approximate surface area is 109 Å². The van der Waals surface area contributed by atoms with Crippen molar-refractivity contribution in [2.24, 2.45) is 11.3 Å². The van der Waals surface area contributed by atoms with Crippen LogP contribution in [0.2, 0.25) is 0 Å². The molecule has 0 atom stereocenters. The third-order valence-corrected chi connectivity index (χ3v) is 4.41. The third kappa shape index (κ3) is 5.42. The Balaban J connectivity index is 2.26. The quantitative estimate of drug-likeness (QED) is 0.671. The topological polar surface area (TPSA) is 3.24 Å². The summed E-state index contributed by atoms with van der Waals surface area (Å²) < 4.78 is 0. The largest absolute Gasteiger partial charge is 0.300 e. The highest BCUT2D eigenvalue weighted by atomic mass is 15.2. The summed E-state index contributed by atoms with van der Waals surface area (Å²) in [6.07, 6.45) is 8.36. The van der Waals surface area contributed by atoms with Gasteiger partial charge in [0.2, 0.25) is 0 Å². The van der Waals surface area contributed by atoms with Gasteiger partial charge in [0.05, 0.1) is 0 Å². The Hall–Kier alpha value is -0.0400. The van der Waals surface area contributed by atoms with Gasteiger partial charge in [0.25, 0.3) is 0 Å². The van der Waals surface area contributed by atoms with Crippen LogP contribution in [0.15, 0.2) is 0 Å². The maximum Gasteiger partial charge on any atom is 0.00900 e. The molecular formula is C16H33N. The van der Waals surface area contributed by atoms with E-state index in [4.69, 9.17) is 0 Å². The first-order chi connectivity index (χ1) is 7.96. The zero-order valence-corrected chi connectivity index (χ0v) is 12.8. The van der Waals surface area contributed by atoms with Crippen LogP contribution in [0.5, 0.6) is 0 Å². The van der Waals surface area contributed by atoms with Crippen LogP contribution >= 0.6 is 0 Å². The van der Waals surface area contributed by atoms with Crippen molar-refractivity contribution in [2.45, 2.75) is 79.2 Å². The zero-order valence-electron chi connectivity index (χ0n) is 12.8. The highest BCUT2D eigenvalue weighted by Crippen LogP contribution is 2.29. The van der Waals surface area contributed by atoms with Gasteiger partial charge >= 0.3 is 0 Å². The minimum Gasteiger partial charge on any atom is -0.300 e. The van der Waals surface area contributed by atoms with Crippen molar-refractivity contribution >= 4 is 0 Å². The van der Waals surface area contributed by atoms with E-state index in [0.29, 0.717) is 5.41 Å². The lowest BCUT2D eigenvalue weighted by Crippen LogP contribution is -2.40. The maximum atomic E-state index is 2.73. The molecule has 1 aliphatic rings. The van der Waals surface area contributed by atoms with Gasteiger partial charge in [0, 0.05) is 6.04 Å². The van der Waals surface area contributed by atoms with Gasteiger partial charge < -0.3 is 4.90 Å². The molecule has 0 aromatic carbocycles. The predicted octanol–water partition coefficient (Wildman–Crippen LogP) is 4.71. The standard InChI is InChI=1S/C16H33N/c1-6-15(7-2)17-12-9-14(10-13-17)8-11-16(3,4)5/h14-15H,6-13H2,1-5H3. The van der Waals surface area contributed by atoms with Gasteiger partial charge in [0.1, 0.15) is 0 Å². The van der Waals surface area contributed by atoms with E-state index in [0.717, 1.165) is 12.0 Å². The summed E-state index contributed by atoms with van der Waals surface area (Å²) in [7, 11) is 0. The van der Waals surface area contributed by atoms with Gasteiger partial charge in [-0.05, 0) is 62.9 Å². The van der Waals surface area contributed by atoms with Gasteiger partial charge in [-0.3, -0.25) is 0 Å². The summed E-state index contributed by atoms with van der Waals surface area (Å²) in [6.45, 7) is 14.5. The Bertz CT molecular complexity index is 192. The van der Waals surface area contributed by atoms with Crippen LogP contribution in [0.3, 0.4) is 0 Å². The molecule has 0 aliphatic carbocycles. The molecule has 1 heterocycles. The van der Waals surface area contributed by atoms with Crippen LogP contribution < -0.4 is 0 Å². The first-order valence-corrected chi connectivity index (χ1v) is 7.70. The second-order valence-electron chi connectivity index (χ2n) is 7.05. The van der Waals surface area contributed by atoms with Crippen LogP contribution in [-0.2, 0) is 0 Å². The number of rotatable bonds is 5. The molecule has 1 saturated heterocycles. The molecule has 1 aliphatic heterocycles. The Kier molecular flexibility index (Phi) is 5.99. The zero-order chi connectivity index (χ0) is 12.9. The summed E-state index contributed by atoms with van der Waals surface area (Å²) in [5.41, 5.74) is 0.520. The Morgan fingerprint density at radius 3 is 2.00 bits per heavy atom. The predicted molar refractivity (Wildman–Crippen MR) is 77.4 cm³/mol. The van der Waals surface area contributed by atoms with Crippen molar-refractivity contribution in [2.75, 3.05) is 13.1 Å². The molecule has 0 bridgehead atoms. The van der Waals surface area contributed by atoms with E-state index in [1.54, 1.807) is 0 Å². The fourth-order valence-corrected chi connectivity index (χ4v) is 3.05. The van der Waals surface area contributed by atoms with Gasteiger partial charge in [-0.2, -0.15) is 0 Å². The van der Waals surface area contributed by atoms with Crippen LogP contribution in [-0.4, -0.2) is 24.0 Å². The monoisotopic (exact) mass is 239 g/mol. The number of hydrogen-bond acceptors (Lipinski definition) is 1. The van der Waals surface area contributed by atoms with Crippen molar-refractivity contribution in [3.63, 3.8) is 0 Å². The van der Waals surface area contributed by atoms with Crippen molar-refractivity contribution in [1.82, 2.24) is 4.90 Å². The number of hydrogen-bond donors (Lipinski definition) is 0. The number of likely N-dealkylation sites (tertiary alicyclic amines) is 1. The Morgan fingerprint density at radius 1 is 1.06 bits per heavy atom. The molecule has 0 spiro atoms. The van der Waals surface area contributed by atoms with Crippen LogP contribution in [0, 0.1) is 11.3 Å². The molecule has 1 nitrogen and oxygen atoms in total. The average Bonchev–Trinajstić information content (AvgIpc) is 2.29. The molecule has 0 unspecified atom stereocenters. The van der Waals surface area contributed by atoms with E-state index >= 15 is 0 Å². The van der Waals surface area contributed by atoms with Crippen LogP contribution in [0.25, 0.3) is 0 Å². The fraction of sp³-hybridized carbons (Fsp3) is 1.00. The molecule has 0 N–H and O–H groups in total. The van der Waals surface area contributed by atoms with Crippen LogP contribution in [0.1, 0.15) is 73.1 Å².